The molecule has 2 bridgehead atoms. The molecule has 0 aliphatic carbocycles. The van der Waals surface area contributed by atoms with Crippen molar-refractivity contribution in [1.82, 2.24) is 9.88 Å². The lowest BCUT2D eigenvalue weighted by atomic mass is 9.84. The molecule has 0 unspecified atom stereocenters. The fourth-order valence-corrected chi connectivity index (χ4v) is 5.06. The SMILES string of the molecule is O=c1c(NS(=O)(=O)Cc2ccccc2)ccc2n1C[C@@H]1CNC[C@H]2C1. The van der Waals surface area contributed by atoms with Gasteiger partial charge >= 0.3 is 0 Å². The molecule has 2 aliphatic heterocycles. The molecule has 2 aliphatic rings. The molecule has 1 saturated heterocycles. The number of benzene rings is 1. The quantitative estimate of drug-likeness (QED) is 0.867. The average molecular weight is 359 g/mol. The van der Waals surface area contributed by atoms with Gasteiger partial charge in [-0.1, -0.05) is 30.3 Å². The first-order valence-corrected chi connectivity index (χ1v) is 10.2. The Labute approximate surface area is 146 Å². The Bertz CT molecular complexity index is 938. The van der Waals surface area contributed by atoms with Gasteiger partial charge in [0.25, 0.3) is 5.56 Å². The van der Waals surface area contributed by atoms with Crippen molar-refractivity contribution < 1.29 is 8.42 Å². The van der Waals surface area contributed by atoms with Gasteiger partial charge in [-0.2, -0.15) is 0 Å². The Kier molecular flexibility index (Phi) is 4.13. The Morgan fingerprint density at radius 2 is 1.92 bits per heavy atom. The fourth-order valence-electron chi connectivity index (χ4n) is 3.87. The molecule has 1 fully saturated rings. The highest BCUT2D eigenvalue weighted by atomic mass is 32.2. The Hall–Kier alpha value is -2.12. The molecule has 2 N–H and O–H groups in total. The summed E-state index contributed by atoms with van der Waals surface area (Å²) >= 11 is 0. The number of piperidine rings is 1. The largest absolute Gasteiger partial charge is 0.316 e. The van der Waals surface area contributed by atoms with E-state index in [9.17, 15) is 13.2 Å². The first-order valence-electron chi connectivity index (χ1n) is 8.51. The third-order valence-electron chi connectivity index (χ3n) is 4.97. The van der Waals surface area contributed by atoms with E-state index >= 15 is 0 Å². The molecule has 0 saturated carbocycles. The van der Waals surface area contributed by atoms with Crippen LogP contribution < -0.4 is 15.6 Å². The molecule has 6 nitrogen and oxygen atoms in total. The van der Waals surface area contributed by atoms with Crippen LogP contribution in [0.4, 0.5) is 5.69 Å². The molecule has 2 atom stereocenters. The standard InChI is InChI=1S/C18H21N3O3S/c22-18-16(20-25(23,24)12-13-4-2-1-3-5-13)6-7-17-15-8-14(9-19-10-15)11-21(17)18/h1-7,14-15,19-20H,8-12H2/t14-,15+/m0/s1. The van der Waals surface area contributed by atoms with Crippen LogP contribution in [0.3, 0.4) is 0 Å². The zero-order valence-electron chi connectivity index (χ0n) is 13.8. The number of nitrogens with one attached hydrogen (secondary N) is 2. The molecule has 7 heteroatoms. The van der Waals surface area contributed by atoms with Gasteiger partial charge in [-0.15, -0.1) is 0 Å². The van der Waals surface area contributed by atoms with Crippen molar-refractivity contribution in [1.29, 1.82) is 0 Å². The van der Waals surface area contributed by atoms with Gasteiger partial charge in [-0.05, 0) is 36.6 Å². The highest BCUT2D eigenvalue weighted by molar-refractivity contribution is 7.91. The lowest BCUT2D eigenvalue weighted by molar-refractivity contribution is 0.257. The van der Waals surface area contributed by atoms with E-state index in [0.29, 0.717) is 23.9 Å². The summed E-state index contributed by atoms with van der Waals surface area (Å²) in [6.45, 7) is 2.42. The summed E-state index contributed by atoms with van der Waals surface area (Å²) in [5.74, 6) is 0.611. The monoisotopic (exact) mass is 359 g/mol. The summed E-state index contributed by atoms with van der Waals surface area (Å²) in [4.78, 5) is 12.8. The molecular formula is C18H21N3O3S. The van der Waals surface area contributed by atoms with E-state index in [1.54, 1.807) is 34.9 Å². The molecule has 132 valence electrons. The van der Waals surface area contributed by atoms with E-state index in [0.717, 1.165) is 25.2 Å². The second kappa shape index (κ2) is 6.31. The topological polar surface area (TPSA) is 80.2 Å². The van der Waals surface area contributed by atoms with E-state index in [1.807, 2.05) is 12.1 Å². The highest BCUT2D eigenvalue weighted by Gasteiger charge is 2.31. The molecule has 4 rings (SSSR count). The molecule has 1 aromatic heterocycles. The number of hydrogen-bond donors (Lipinski definition) is 2. The zero-order valence-corrected chi connectivity index (χ0v) is 14.6. The summed E-state index contributed by atoms with van der Waals surface area (Å²) in [7, 11) is -3.63. The van der Waals surface area contributed by atoms with Crippen molar-refractivity contribution in [3.05, 3.63) is 64.1 Å². The van der Waals surface area contributed by atoms with Crippen molar-refractivity contribution in [2.75, 3.05) is 17.8 Å². The third kappa shape index (κ3) is 3.34. The van der Waals surface area contributed by atoms with Crippen molar-refractivity contribution in [3.8, 4) is 0 Å². The summed E-state index contributed by atoms with van der Waals surface area (Å²) in [6.07, 6.45) is 1.09. The van der Waals surface area contributed by atoms with Crippen LogP contribution in [0.5, 0.6) is 0 Å². The predicted molar refractivity (Wildman–Crippen MR) is 97.1 cm³/mol. The van der Waals surface area contributed by atoms with E-state index in [2.05, 4.69) is 10.0 Å². The van der Waals surface area contributed by atoms with Crippen LogP contribution in [0, 0.1) is 5.92 Å². The van der Waals surface area contributed by atoms with Crippen LogP contribution in [0.2, 0.25) is 0 Å². The normalized spacial score (nSPS) is 22.2. The minimum Gasteiger partial charge on any atom is -0.316 e. The van der Waals surface area contributed by atoms with E-state index in [4.69, 9.17) is 0 Å². The predicted octanol–water partition coefficient (Wildman–Crippen LogP) is 1.50. The van der Waals surface area contributed by atoms with Gasteiger partial charge in [0.2, 0.25) is 10.0 Å². The number of nitrogens with zero attached hydrogens (tertiary/aromatic N) is 1. The van der Waals surface area contributed by atoms with Crippen LogP contribution >= 0.6 is 0 Å². The highest BCUT2D eigenvalue weighted by Crippen LogP contribution is 2.32. The molecular weight excluding hydrogens is 338 g/mol. The summed E-state index contributed by atoms with van der Waals surface area (Å²) in [5, 5.41) is 3.40. The van der Waals surface area contributed by atoms with Crippen LogP contribution in [-0.4, -0.2) is 26.1 Å². The molecule has 0 spiro atoms. The molecule has 2 aromatic rings. The fraction of sp³-hybridized carbons (Fsp3) is 0.389. The minimum absolute atomic E-state index is 0.132. The van der Waals surface area contributed by atoms with Crippen molar-refractivity contribution in [2.24, 2.45) is 5.92 Å². The maximum atomic E-state index is 12.8. The van der Waals surface area contributed by atoms with Crippen LogP contribution in [0.1, 0.15) is 23.6 Å². The van der Waals surface area contributed by atoms with Gasteiger partial charge in [0.05, 0.1) is 5.75 Å². The van der Waals surface area contributed by atoms with Gasteiger partial charge < -0.3 is 9.88 Å². The van der Waals surface area contributed by atoms with Crippen LogP contribution in [0.15, 0.2) is 47.3 Å². The summed E-state index contributed by atoms with van der Waals surface area (Å²) in [6, 6.07) is 12.4. The van der Waals surface area contributed by atoms with Gasteiger partial charge in [-0.25, -0.2) is 8.42 Å². The number of aromatic nitrogens is 1. The average Bonchev–Trinajstić information content (AvgIpc) is 2.58. The third-order valence-corrected chi connectivity index (χ3v) is 6.22. The maximum Gasteiger partial charge on any atom is 0.275 e. The van der Waals surface area contributed by atoms with Crippen molar-refractivity contribution in [3.63, 3.8) is 0 Å². The lowest BCUT2D eigenvalue weighted by Gasteiger charge is -2.37. The Balaban J connectivity index is 1.61. The second-order valence-electron chi connectivity index (χ2n) is 6.89. The van der Waals surface area contributed by atoms with Gasteiger partial charge in [0.15, 0.2) is 0 Å². The summed E-state index contributed by atoms with van der Waals surface area (Å²) in [5.41, 5.74) is 1.58. The Morgan fingerprint density at radius 1 is 1.12 bits per heavy atom. The minimum atomic E-state index is -3.63. The van der Waals surface area contributed by atoms with E-state index in [-0.39, 0.29) is 17.0 Å². The summed E-state index contributed by atoms with van der Waals surface area (Å²) < 4.78 is 29.1. The van der Waals surface area contributed by atoms with Gasteiger partial charge in [0, 0.05) is 24.7 Å². The number of hydrogen-bond acceptors (Lipinski definition) is 4. The molecule has 1 aromatic carbocycles. The number of fused-ring (bicyclic) bond motifs is 4. The smallest absolute Gasteiger partial charge is 0.275 e. The lowest BCUT2D eigenvalue weighted by Crippen LogP contribution is -2.45. The number of pyridine rings is 1. The van der Waals surface area contributed by atoms with Gasteiger partial charge in [-0.3, -0.25) is 9.52 Å². The molecule has 3 heterocycles. The van der Waals surface area contributed by atoms with E-state index in [1.165, 1.54) is 0 Å². The zero-order chi connectivity index (χ0) is 17.4. The maximum absolute atomic E-state index is 12.8. The Morgan fingerprint density at radius 3 is 2.72 bits per heavy atom. The molecule has 0 amide bonds. The number of anilines is 1. The van der Waals surface area contributed by atoms with Crippen molar-refractivity contribution >= 4 is 15.7 Å². The first-order chi connectivity index (χ1) is 12.0. The van der Waals surface area contributed by atoms with E-state index < -0.39 is 10.0 Å². The molecule has 0 radical (unpaired) electrons. The second-order valence-corrected chi connectivity index (χ2v) is 8.61. The van der Waals surface area contributed by atoms with Crippen LogP contribution in [-0.2, 0) is 22.3 Å². The number of sulfonamides is 1. The van der Waals surface area contributed by atoms with Crippen molar-refractivity contribution in [2.45, 2.75) is 24.6 Å². The molecule has 25 heavy (non-hydrogen) atoms. The van der Waals surface area contributed by atoms with Gasteiger partial charge in [0.1, 0.15) is 5.69 Å². The van der Waals surface area contributed by atoms with Crippen LogP contribution in [0.25, 0.3) is 0 Å². The number of rotatable bonds is 4. The first kappa shape index (κ1) is 16.4.